The van der Waals surface area contributed by atoms with Gasteiger partial charge in [0.25, 0.3) is 5.69 Å². The number of rotatable bonds is 3. The highest BCUT2D eigenvalue weighted by Crippen LogP contribution is 2.25. The number of benzene rings is 1. The SMILES string of the molecule is O=C(Cl)/C=C/c1ccc(Cl)c([N+](=O)[O-])c1. The van der Waals surface area contributed by atoms with Gasteiger partial charge in [-0.05, 0) is 35.4 Å². The number of hydrogen-bond donors (Lipinski definition) is 0. The lowest BCUT2D eigenvalue weighted by Crippen LogP contribution is -1.89. The quantitative estimate of drug-likeness (QED) is 0.356. The van der Waals surface area contributed by atoms with Crippen LogP contribution in [0.2, 0.25) is 5.02 Å². The van der Waals surface area contributed by atoms with Gasteiger partial charge in [-0.1, -0.05) is 17.7 Å². The molecule has 0 fully saturated rings. The summed E-state index contributed by atoms with van der Waals surface area (Å²) in [4.78, 5) is 20.3. The van der Waals surface area contributed by atoms with Crippen LogP contribution in [0.15, 0.2) is 24.3 Å². The molecule has 78 valence electrons. The average molecular weight is 246 g/mol. The van der Waals surface area contributed by atoms with Crippen LogP contribution in [-0.4, -0.2) is 10.2 Å². The predicted octanol–water partition coefficient (Wildman–Crippen LogP) is 3.03. The number of nitrogens with zero attached hydrogens (tertiary/aromatic N) is 1. The van der Waals surface area contributed by atoms with Crippen molar-refractivity contribution in [2.75, 3.05) is 0 Å². The third-order valence-corrected chi connectivity index (χ3v) is 2.02. The molecule has 1 aromatic rings. The van der Waals surface area contributed by atoms with E-state index in [1.807, 2.05) is 0 Å². The number of nitro benzene ring substituents is 1. The number of allylic oxidation sites excluding steroid dienone is 1. The van der Waals surface area contributed by atoms with Crippen LogP contribution in [0.3, 0.4) is 0 Å². The van der Waals surface area contributed by atoms with E-state index in [-0.39, 0.29) is 10.7 Å². The first-order valence-electron chi connectivity index (χ1n) is 3.82. The molecule has 6 heteroatoms. The van der Waals surface area contributed by atoms with E-state index in [4.69, 9.17) is 23.2 Å². The zero-order chi connectivity index (χ0) is 11.4. The van der Waals surface area contributed by atoms with E-state index in [9.17, 15) is 14.9 Å². The van der Waals surface area contributed by atoms with Gasteiger partial charge >= 0.3 is 0 Å². The second kappa shape index (κ2) is 4.91. The molecule has 1 aromatic carbocycles. The molecule has 0 spiro atoms. The monoisotopic (exact) mass is 245 g/mol. The minimum Gasteiger partial charge on any atom is -0.276 e. The molecular formula is C9H5Cl2NO3. The zero-order valence-corrected chi connectivity index (χ0v) is 8.83. The first kappa shape index (κ1) is 11.7. The highest BCUT2D eigenvalue weighted by molar-refractivity contribution is 6.66. The summed E-state index contributed by atoms with van der Waals surface area (Å²) >= 11 is 10.7. The Hall–Kier alpha value is -1.39. The Balaban J connectivity index is 3.08. The van der Waals surface area contributed by atoms with Gasteiger partial charge in [-0.3, -0.25) is 14.9 Å². The summed E-state index contributed by atoms with van der Waals surface area (Å²) in [5.41, 5.74) is 0.279. The minimum atomic E-state index is -0.646. The molecule has 0 saturated carbocycles. The Kier molecular flexibility index (Phi) is 3.82. The highest BCUT2D eigenvalue weighted by Gasteiger charge is 2.11. The van der Waals surface area contributed by atoms with Gasteiger partial charge in [0, 0.05) is 6.07 Å². The van der Waals surface area contributed by atoms with Gasteiger partial charge in [0.2, 0.25) is 5.24 Å². The topological polar surface area (TPSA) is 60.2 Å². The Morgan fingerprint density at radius 2 is 2.13 bits per heavy atom. The largest absolute Gasteiger partial charge is 0.288 e. The van der Waals surface area contributed by atoms with Crippen molar-refractivity contribution in [3.05, 3.63) is 45.0 Å². The van der Waals surface area contributed by atoms with Crippen molar-refractivity contribution in [1.82, 2.24) is 0 Å². The molecule has 1 rings (SSSR count). The van der Waals surface area contributed by atoms with Crippen molar-refractivity contribution in [2.24, 2.45) is 0 Å². The van der Waals surface area contributed by atoms with Crippen molar-refractivity contribution in [1.29, 1.82) is 0 Å². The summed E-state index contributed by atoms with van der Waals surface area (Å²) in [6.07, 6.45) is 2.48. The van der Waals surface area contributed by atoms with Crippen LogP contribution in [0.1, 0.15) is 5.56 Å². The average Bonchev–Trinajstić information content (AvgIpc) is 2.16. The van der Waals surface area contributed by atoms with E-state index < -0.39 is 10.2 Å². The molecule has 0 aromatic heterocycles. The molecule has 0 N–H and O–H groups in total. The summed E-state index contributed by atoms with van der Waals surface area (Å²) < 4.78 is 0. The summed E-state index contributed by atoms with van der Waals surface area (Å²) in [6.45, 7) is 0. The fraction of sp³-hybridized carbons (Fsp3) is 0. The Morgan fingerprint density at radius 3 is 2.67 bits per heavy atom. The maximum Gasteiger partial charge on any atom is 0.288 e. The third-order valence-electron chi connectivity index (χ3n) is 1.57. The molecule has 0 aliphatic heterocycles. The van der Waals surface area contributed by atoms with Crippen molar-refractivity contribution < 1.29 is 9.72 Å². The van der Waals surface area contributed by atoms with E-state index in [1.165, 1.54) is 18.2 Å². The van der Waals surface area contributed by atoms with Crippen LogP contribution in [0.5, 0.6) is 0 Å². The van der Waals surface area contributed by atoms with E-state index in [0.29, 0.717) is 5.56 Å². The van der Waals surface area contributed by atoms with Gasteiger partial charge in [-0.25, -0.2) is 0 Å². The van der Waals surface area contributed by atoms with Crippen molar-refractivity contribution >= 4 is 40.2 Å². The summed E-state index contributed by atoms with van der Waals surface area (Å²) in [7, 11) is 0. The molecule has 0 bridgehead atoms. The van der Waals surface area contributed by atoms with Crippen molar-refractivity contribution in [3.63, 3.8) is 0 Å². The molecule has 15 heavy (non-hydrogen) atoms. The number of carbonyl (C=O) groups is 1. The maximum absolute atomic E-state index is 10.5. The minimum absolute atomic E-state index is 0.0503. The van der Waals surface area contributed by atoms with Crippen LogP contribution in [0.25, 0.3) is 6.08 Å². The molecule has 0 radical (unpaired) electrons. The van der Waals surface area contributed by atoms with Crippen LogP contribution >= 0.6 is 23.2 Å². The highest BCUT2D eigenvalue weighted by atomic mass is 35.5. The van der Waals surface area contributed by atoms with Crippen LogP contribution in [0.4, 0.5) is 5.69 Å². The second-order valence-corrected chi connectivity index (χ2v) is 3.39. The van der Waals surface area contributed by atoms with Crippen LogP contribution < -0.4 is 0 Å². The lowest BCUT2D eigenvalue weighted by atomic mass is 10.2. The Labute approximate surface area is 95.3 Å². The number of hydrogen-bond acceptors (Lipinski definition) is 3. The molecule has 0 saturated heterocycles. The number of carbonyl (C=O) groups excluding carboxylic acids is 1. The van der Waals surface area contributed by atoms with Crippen molar-refractivity contribution in [3.8, 4) is 0 Å². The first-order valence-corrected chi connectivity index (χ1v) is 4.58. The van der Waals surface area contributed by atoms with Crippen molar-refractivity contribution in [2.45, 2.75) is 0 Å². The Morgan fingerprint density at radius 1 is 1.47 bits per heavy atom. The van der Waals surface area contributed by atoms with Gasteiger partial charge in [0.1, 0.15) is 5.02 Å². The third kappa shape index (κ3) is 3.34. The molecule has 0 aliphatic carbocycles. The molecule has 0 heterocycles. The molecule has 0 aliphatic rings. The van der Waals surface area contributed by atoms with Crippen LogP contribution in [-0.2, 0) is 4.79 Å². The first-order chi connectivity index (χ1) is 7.00. The fourth-order valence-electron chi connectivity index (χ4n) is 0.935. The predicted molar refractivity (Wildman–Crippen MR) is 58.0 cm³/mol. The van der Waals surface area contributed by atoms with E-state index in [2.05, 4.69) is 0 Å². The van der Waals surface area contributed by atoms with Gasteiger partial charge in [0.05, 0.1) is 4.92 Å². The number of halogens is 2. The van der Waals surface area contributed by atoms with E-state index in [0.717, 1.165) is 6.08 Å². The van der Waals surface area contributed by atoms with Gasteiger partial charge in [-0.15, -0.1) is 0 Å². The van der Waals surface area contributed by atoms with E-state index >= 15 is 0 Å². The molecule has 0 atom stereocenters. The normalized spacial score (nSPS) is 10.5. The Bertz CT molecular complexity index is 443. The summed E-state index contributed by atoms with van der Waals surface area (Å²) in [5.74, 6) is 0. The second-order valence-electron chi connectivity index (χ2n) is 2.61. The lowest BCUT2D eigenvalue weighted by molar-refractivity contribution is -0.384. The van der Waals surface area contributed by atoms with Gasteiger partial charge in [-0.2, -0.15) is 0 Å². The van der Waals surface area contributed by atoms with E-state index in [1.54, 1.807) is 6.07 Å². The summed E-state index contributed by atoms with van der Waals surface area (Å²) in [5, 5.41) is 9.92. The molecule has 0 unspecified atom stereocenters. The summed E-state index contributed by atoms with van der Waals surface area (Å²) in [6, 6.07) is 4.20. The van der Waals surface area contributed by atoms with Gasteiger partial charge in [0.15, 0.2) is 0 Å². The van der Waals surface area contributed by atoms with Crippen LogP contribution in [0, 0.1) is 10.1 Å². The number of nitro groups is 1. The molecular weight excluding hydrogens is 241 g/mol. The molecule has 4 nitrogen and oxygen atoms in total. The smallest absolute Gasteiger partial charge is 0.276 e. The van der Waals surface area contributed by atoms with Gasteiger partial charge < -0.3 is 0 Å². The standard InChI is InChI=1S/C9H5Cl2NO3/c10-7-3-1-6(2-4-9(11)13)5-8(7)12(14)15/h1-5H/b4-2+. The fourth-order valence-corrected chi connectivity index (χ4v) is 1.18. The zero-order valence-electron chi connectivity index (χ0n) is 7.31. The lowest BCUT2D eigenvalue weighted by Gasteiger charge is -1.96. The molecule has 0 amide bonds. The maximum atomic E-state index is 10.5.